The molecule has 0 bridgehead atoms. The lowest BCUT2D eigenvalue weighted by atomic mass is 9.70. The maximum atomic E-state index is 11.0. The molecule has 21 heavy (non-hydrogen) atoms. The Morgan fingerprint density at radius 2 is 2.33 bits per heavy atom. The van der Waals surface area contributed by atoms with Gasteiger partial charge in [0.15, 0.2) is 0 Å². The zero-order valence-electron chi connectivity index (χ0n) is 11.7. The van der Waals surface area contributed by atoms with Crippen molar-refractivity contribution in [1.82, 2.24) is 10.3 Å². The Morgan fingerprint density at radius 3 is 3.10 bits per heavy atom. The van der Waals surface area contributed by atoms with Crippen LogP contribution in [0.1, 0.15) is 24.8 Å². The molecule has 2 aliphatic rings. The number of ether oxygens (including phenoxy) is 1. The molecule has 0 aromatic carbocycles. The van der Waals surface area contributed by atoms with E-state index in [0.29, 0.717) is 11.8 Å². The van der Waals surface area contributed by atoms with E-state index in [9.17, 15) is 4.79 Å². The molecule has 1 aromatic heterocycles. The molecule has 114 valence electrons. The van der Waals surface area contributed by atoms with Crippen molar-refractivity contribution in [3.8, 4) is 0 Å². The third kappa shape index (κ3) is 2.98. The quantitative estimate of drug-likeness (QED) is 0.866. The van der Waals surface area contributed by atoms with Gasteiger partial charge in [-0.2, -0.15) is 0 Å². The topological polar surface area (TPSA) is 71.5 Å². The molecule has 0 amide bonds. The summed E-state index contributed by atoms with van der Waals surface area (Å²) in [6.07, 6.45) is 6.27. The van der Waals surface area contributed by atoms with Gasteiger partial charge in [0.2, 0.25) is 0 Å². The van der Waals surface area contributed by atoms with Crippen LogP contribution in [0.5, 0.6) is 0 Å². The molecule has 1 aliphatic carbocycles. The molecule has 3 unspecified atom stereocenters. The van der Waals surface area contributed by atoms with Crippen molar-refractivity contribution in [3.63, 3.8) is 0 Å². The Morgan fingerprint density at radius 1 is 1.52 bits per heavy atom. The molecule has 0 radical (unpaired) electrons. The monoisotopic (exact) mass is 354 g/mol. The summed E-state index contributed by atoms with van der Waals surface area (Å²) >= 11 is 3.54. The zero-order chi connectivity index (χ0) is 14.9. The van der Waals surface area contributed by atoms with Crippen molar-refractivity contribution < 1.29 is 14.6 Å². The second kappa shape index (κ2) is 6.02. The summed E-state index contributed by atoms with van der Waals surface area (Å²) in [7, 11) is 0. The molecular weight excluding hydrogens is 336 g/mol. The average Bonchev–Trinajstić information content (AvgIpc) is 2.93. The number of nitrogens with zero attached hydrogens (tertiary/aromatic N) is 1. The predicted octanol–water partition coefficient (Wildman–Crippen LogP) is 2.16. The number of carboxylic acid groups (broad SMARTS) is 1. The first-order valence-electron chi connectivity index (χ1n) is 7.27. The number of aromatic nitrogens is 1. The van der Waals surface area contributed by atoms with E-state index < -0.39 is 11.6 Å². The van der Waals surface area contributed by atoms with Gasteiger partial charge in [-0.05, 0) is 66.2 Å². The van der Waals surface area contributed by atoms with Crippen LogP contribution in [0.3, 0.4) is 0 Å². The fourth-order valence-corrected chi connectivity index (χ4v) is 4.32. The van der Waals surface area contributed by atoms with Crippen LogP contribution in [0.15, 0.2) is 22.9 Å². The normalized spacial score (nSPS) is 31.9. The molecule has 2 heterocycles. The lowest BCUT2D eigenvalue weighted by Crippen LogP contribution is -2.40. The number of hydrogen-bond donors (Lipinski definition) is 2. The van der Waals surface area contributed by atoms with Gasteiger partial charge < -0.3 is 15.2 Å². The van der Waals surface area contributed by atoms with Crippen LogP contribution in [0.25, 0.3) is 0 Å². The standard InChI is InChI=1S/C15H19BrN2O3/c16-13-8-17-4-2-12(13)15(21-9-14(19)20)3-1-10-6-18-7-11(10)5-15/h2,4,8,10-11,18H,1,3,5-7,9H2,(H,19,20). The Kier molecular flexibility index (Phi) is 4.28. The van der Waals surface area contributed by atoms with E-state index >= 15 is 0 Å². The third-order valence-corrected chi connectivity index (χ3v) is 5.36. The van der Waals surface area contributed by atoms with Crippen LogP contribution in [0, 0.1) is 11.8 Å². The van der Waals surface area contributed by atoms with E-state index in [1.54, 1.807) is 12.4 Å². The van der Waals surface area contributed by atoms with Gasteiger partial charge in [0, 0.05) is 22.4 Å². The molecule has 6 heteroatoms. The van der Waals surface area contributed by atoms with Gasteiger partial charge in [0.1, 0.15) is 6.61 Å². The fraction of sp³-hybridized carbons (Fsp3) is 0.600. The second-order valence-electron chi connectivity index (χ2n) is 5.95. The minimum atomic E-state index is -0.925. The molecule has 2 N–H and O–H groups in total. The van der Waals surface area contributed by atoms with E-state index in [1.807, 2.05) is 6.07 Å². The molecule has 3 rings (SSSR count). The molecular formula is C15H19BrN2O3. The van der Waals surface area contributed by atoms with Gasteiger partial charge in [-0.3, -0.25) is 4.98 Å². The highest BCUT2D eigenvalue weighted by Crippen LogP contribution is 2.48. The SMILES string of the molecule is O=C(O)COC1(c2ccncc2Br)CCC2CNCC2C1. The number of pyridine rings is 1. The number of carboxylic acids is 1. The van der Waals surface area contributed by atoms with Crippen molar-refractivity contribution >= 4 is 21.9 Å². The van der Waals surface area contributed by atoms with Crippen LogP contribution >= 0.6 is 15.9 Å². The van der Waals surface area contributed by atoms with Crippen LogP contribution in [0.2, 0.25) is 0 Å². The molecule has 1 aliphatic heterocycles. The zero-order valence-corrected chi connectivity index (χ0v) is 13.3. The van der Waals surface area contributed by atoms with Gasteiger partial charge in [-0.15, -0.1) is 0 Å². The number of hydrogen-bond acceptors (Lipinski definition) is 4. The summed E-state index contributed by atoms with van der Waals surface area (Å²) in [6.45, 7) is 1.79. The number of halogens is 1. The Balaban J connectivity index is 1.91. The Bertz CT molecular complexity index is 539. The molecule has 2 fully saturated rings. The highest BCUT2D eigenvalue weighted by molar-refractivity contribution is 9.10. The molecule has 3 atom stereocenters. The smallest absolute Gasteiger partial charge is 0.329 e. The summed E-state index contributed by atoms with van der Waals surface area (Å²) < 4.78 is 6.81. The summed E-state index contributed by atoms with van der Waals surface area (Å²) in [5, 5.41) is 12.4. The molecule has 1 saturated carbocycles. The lowest BCUT2D eigenvalue weighted by Gasteiger charge is -2.42. The van der Waals surface area contributed by atoms with Crippen LogP contribution in [-0.4, -0.2) is 35.8 Å². The van der Waals surface area contributed by atoms with E-state index in [2.05, 4.69) is 26.2 Å². The van der Waals surface area contributed by atoms with Crippen molar-refractivity contribution in [2.24, 2.45) is 11.8 Å². The summed E-state index contributed by atoms with van der Waals surface area (Å²) in [5.41, 5.74) is 0.497. The third-order valence-electron chi connectivity index (χ3n) is 4.73. The highest BCUT2D eigenvalue weighted by Gasteiger charge is 2.45. The molecule has 5 nitrogen and oxygen atoms in total. The van der Waals surface area contributed by atoms with E-state index in [-0.39, 0.29) is 6.61 Å². The van der Waals surface area contributed by atoms with Crippen molar-refractivity contribution in [3.05, 3.63) is 28.5 Å². The largest absolute Gasteiger partial charge is 0.480 e. The minimum Gasteiger partial charge on any atom is -0.480 e. The van der Waals surface area contributed by atoms with Gasteiger partial charge in [-0.1, -0.05) is 0 Å². The Labute approximate surface area is 132 Å². The Hall–Kier alpha value is -0.980. The van der Waals surface area contributed by atoms with Crippen molar-refractivity contribution in [1.29, 1.82) is 0 Å². The van der Waals surface area contributed by atoms with Crippen LogP contribution in [0.4, 0.5) is 0 Å². The summed E-state index contributed by atoms with van der Waals surface area (Å²) in [6, 6.07) is 1.94. The van der Waals surface area contributed by atoms with Crippen molar-refractivity contribution in [2.75, 3.05) is 19.7 Å². The van der Waals surface area contributed by atoms with E-state index in [0.717, 1.165) is 42.4 Å². The molecule has 0 spiro atoms. The predicted molar refractivity (Wildman–Crippen MR) is 80.9 cm³/mol. The van der Waals surface area contributed by atoms with E-state index in [1.165, 1.54) is 0 Å². The first-order chi connectivity index (χ1) is 10.1. The minimum absolute atomic E-state index is 0.264. The second-order valence-corrected chi connectivity index (χ2v) is 6.81. The van der Waals surface area contributed by atoms with Gasteiger partial charge in [-0.25, -0.2) is 4.79 Å². The van der Waals surface area contributed by atoms with Crippen molar-refractivity contribution in [2.45, 2.75) is 24.9 Å². The maximum absolute atomic E-state index is 11.0. The number of rotatable bonds is 4. The first-order valence-corrected chi connectivity index (χ1v) is 8.06. The average molecular weight is 355 g/mol. The van der Waals surface area contributed by atoms with Crippen LogP contribution < -0.4 is 5.32 Å². The lowest BCUT2D eigenvalue weighted by molar-refractivity contribution is -0.156. The number of aliphatic carboxylic acids is 1. The van der Waals surface area contributed by atoms with Gasteiger partial charge in [0.05, 0.1) is 5.60 Å². The maximum Gasteiger partial charge on any atom is 0.329 e. The number of fused-ring (bicyclic) bond motifs is 1. The fourth-order valence-electron chi connectivity index (χ4n) is 3.71. The molecule has 1 aromatic rings. The molecule has 1 saturated heterocycles. The van der Waals surface area contributed by atoms with Gasteiger partial charge in [0.25, 0.3) is 0 Å². The first kappa shape index (κ1) is 14.9. The number of carbonyl (C=O) groups is 1. The summed E-state index contributed by atoms with van der Waals surface area (Å²) in [5.74, 6) is 0.311. The number of nitrogens with one attached hydrogen (secondary N) is 1. The highest BCUT2D eigenvalue weighted by atomic mass is 79.9. The van der Waals surface area contributed by atoms with Crippen LogP contribution in [-0.2, 0) is 15.1 Å². The summed E-state index contributed by atoms with van der Waals surface area (Å²) in [4.78, 5) is 15.1. The van der Waals surface area contributed by atoms with E-state index in [4.69, 9.17) is 9.84 Å². The van der Waals surface area contributed by atoms with Gasteiger partial charge >= 0.3 is 5.97 Å².